The number of hydrogen-bond donors (Lipinski definition) is 5. The minimum atomic E-state index is -1.19. The van der Waals surface area contributed by atoms with Crippen molar-refractivity contribution in [2.75, 3.05) is 19.6 Å². The lowest BCUT2D eigenvalue weighted by Crippen LogP contribution is -2.57. The maximum absolute atomic E-state index is 12.8. The van der Waals surface area contributed by atoms with Gasteiger partial charge in [0.25, 0.3) is 5.91 Å². The molecule has 190 valence electrons. The van der Waals surface area contributed by atoms with Crippen LogP contribution < -0.4 is 21.7 Å². The van der Waals surface area contributed by atoms with E-state index in [1.807, 2.05) is 13.0 Å². The van der Waals surface area contributed by atoms with Crippen molar-refractivity contribution in [2.45, 2.75) is 64.8 Å². The van der Waals surface area contributed by atoms with E-state index < -0.39 is 42.0 Å². The SMILES string of the molecule is Cc1ccc2cc1CCCNC(=O)CN(C(=O)[C@@H](C)N)C[C@@H](C)NC(=O)[C@H]([C@@H](C)O)NC2=O.Cl. The molecule has 10 nitrogen and oxygen atoms in total. The fourth-order valence-corrected chi connectivity index (χ4v) is 3.68. The van der Waals surface area contributed by atoms with Crippen LogP contribution in [0.3, 0.4) is 0 Å². The van der Waals surface area contributed by atoms with Crippen LogP contribution >= 0.6 is 12.4 Å². The molecule has 1 aliphatic heterocycles. The summed E-state index contributed by atoms with van der Waals surface area (Å²) in [6.45, 7) is 6.80. The third kappa shape index (κ3) is 8.27. The smallest absolute Gasteiger partial charge is 0.252 e. The molecule has 0 fully saturated rings. The number of benzene rings is 1. The monoisotopic (exact) mass is 497 g/mol. The van der Waals surface area contributed by atoms with Crippen molar-refractivity contribution < 1.29 is 24.3 Å². The number of hydrogen-bond acceptors (Lipinski definition) is 6. The Morgan fingerprint density at radius 3 is 2.50 bits per heavy atom. The summed E-state index contributed by atoms with van der Waals surface area (Å²) < 4.78 is 0. The Morgan fingerprint density at radius 1 is 1.21 bits per heavy atom. The molecule has 11 heteroatoms. The van der Waals surface area contributed by atoms with Gasteiger partial charge in [0.2, 0.25) is 17.7 Å². The number of aliphatic hydroxyl groups excluding tert-OH is 1. The topological polar surface area (TPSA) is 154 Å². The highest BCUT2D eigenvalue weighted by Gasteiger charge is 2.29. The number of fused-ring (bicyclic) bond motifs is 2. The minimum absolute atomic E-state index is 0. The van der Waals surface area contributed by atoms with Crippen LogP contribution in [-0.2, 0) is 20.8 Å². The first-order chi connectivity index (χ1) is 15.5. The van der Waals surface area contributed by atoms with Crippen molar-refractivity contribution in [1.82, 2.24) is 20.9 Å². The van der Waals surface area contributed by atoms with Gasteiger partial charge in [-0.3, -0.25) is 19.2 Å². The van der Waals surface area contributed by atoms with E-state index in [2.05, 4.69) is 16.0 Å². The van der Waals surface area contributed by atoms with Crippen LogP contribution in [0.1, 0.15) is 48.7 Å². The van der Waals surface area contributed by atoms with E-state index >= 15 is 0 Å². The van der Waals surface area contributed by atoms with Crippen molar-refractivity contribution in [3.63, 3.8) is 0 Å². The summed E-state index contributed by atoms with van der Waals surface area (Å²) in [6.07, 6.45) is 0.124. The first-order valence-corrected chi connectivity index (χ1v) is 11.2. The quantitative estimate of drug-likeness (QED) is 0.376. The summed E-state index contributed by atoms with van der Waals surface area (Å²) >= 11 is 0. The normalized spacial score (nSPS) is 22.3. The molecule has 4 atom stereocenters. The molecule has 0 saturated carbocycles. The van der Waals surface area contributed by atoms with Gasteiger partial charge in [-0.15, -0.1) is 12.4 Å². The molecule has 1 aliphatic rings. The van der Waals surface area contributed by atoms with E-state index in [1.54, 1.807) is 19.1 Å². The molecule has 0 spiro atoms. The number of carbonyl (C=O) groups excluding carboxylic acids is 4. The van der Waals surface area contributed by atoms with Gasteiger partial charge in [0, 0.05) is 24.7 Å². The molecule has 0 radical (unpaired) electrons. The van der Waals surface area contributed by atoms with Gasteiger partial charge in [0.1, 0.15) is 6.04 Å². The molecule has 0 unspecified atom stereocenters. The van der Waals surface area contributed by atoms with E-state index in [0.29, 0.717) is 24.9 Å². The molecule has 2 rings (SSSR count). The zero-order valence-corrected chi connectivity index (χ0v) is 20.9. The Morgan fingerprint density at radius 2 is 1.88 bits per heavy atom. The van der Waals surface area contributed by atoms with Crippen molar-refractivity contribution in [2.24, 2.45) is 5.73 Å². The van der Waals surface area contributed by atoms with Crippen LogP contribution in [0.15, 0.2) is 18.2 Å². The molecular formula is C23H36ClN5O5. The van der Waals surface area contributed by atoms with Gasteiger partial charge in [0.05, 0.1) is 18.7 Å². The van der Waals surface area contributed by atoms with Gasteiger partial charge in [0.15, 0.2) is 0 Å². The third-order valence-electron chi connectivity index (χ3n) is 5.53. The highest BCUT2D eigenvalue weighted by molar-refractivity contribution is 5.98. The Labute approximate surface area is 206 Å². The van der Waals surface area contributed by atoms with E-state index in [9.17, 15) is 24.3 Å². The molecule has 1 aromatic carbocycles. The zero-order valence-electron chi connectivity index (χ0n) is 20.1. The summed E-state index contributed by atoms with van der Waals surface area (Å²) in [4.78, 5) is 51.9. The van der Waals surface area contributed by atoms with Crippen LogP contribution in [0.2, 0.25) is 0 Å². The van der Waals surface area contributed by atoms with Gasteiger partial charge < -0.3 is 31.7 Å². The van der Waals surface area contributed by atoms with Gasteiger partial charge in [-0.05, 0) is 63.8 Å². The van der Waals surface area contributed by atoms with Crippen molar-refractivity contribution in [1.29, 1.82) is 0 Å². The number of nitrogens with one attached hydrogen (secondary N) is 3. The largest absolute Gasteiger partial charge is 0.391 e. The molecule has 0 aromatic heterocycles. The van der Waals surface area contributed by atoms with Crippen molar-refractivity contribution in [3.8, 4) is 0 Å². The lowest BCUT2D eigenvalue weighted by molar-refractivity contribution is -0.137. The van der Waals surface area contributed by atoms with Gasteiger partial charge in [-0.2, -0.15) is 0 Å². The zero-order chi connectivity index (χ0) is 24.7. The summed E-state index contributed by atoms with van der Waals surface area (Å²) in [7, 11) is 0. The Hall–Kier alpha value is -2.69. The lowest BCUT2D eigenvalue weighted by Gasteiger charge is -2.29. The Bertz CT molecular complexity index is 893. The van der Waals surface area contributed by atoms with Crippen molar-refractivity contribution >= 4 is 36.0 Å². The van der Waals surface area contributed by atoms with Crippen LogP contribution in [-0.4, -0.2) is 77.5 Å². The van der Waals surface area contributed by atoms with Crippen LogP contribution in [0, 0.1) is 6.92 Å². The maximum Gasteiger partial charge on any atom is 0.252 e. The molecule has 0 saturated heterocycles. The van der Waals surface area contributed by atoms with Crippen molar-refractivity contribution in [3.05, 3.63) is 34.9 Å². The second-order valence-corrected chi connectivity index (χ2v) is 8.70. The molecule has 0 aliphatic carbocycles. The standard InChI is InChI=1S/C23H35N5O5.ClH/c1-13-7-8-18-10-17(13)6-5-9-25-19(30)12-28(23(33)15(3)24)11-14(2)26-22(32)20(16(4)29)27-21(18)31;/h7-8,10,14-16,20,29H,5-6,9,11-12,24H2,1-4H3,(H,25,30)(H,26,32)(H,27,31);1H/t14-,15-,16-,20+;/m1./s1. The molecule has 1 heterocycles. The van der Waals surface area contributed by atoms with Gasteiger partial charge >= 0.3 is 0 Å². The number of carbonyl (C=O) groups is 4. The highest BCUT2D eigenvalue weighted by atomic mass is 35.5. The predicted molar refractivity (Wildman–Crippen MR) is 131 cm³/mol. The average Bonchev–Trinajstić information content (AvgIpc) is 2.73. The van der Waals surface area contributed by atoms with Crippen LogP contribution in [0.5, 0.6) is 0 Å². The summed E-state index contributed by atoms with van der Waals surface area (Å²) in [5, 5.41) is 18.2. The highest BCUT2D eigenvalue weighted by Crippen LogP contribution is 2.14. The number of aryl methyl sites for hydroxylation is 2. The molecule has 2 bridgehead atoms. The number of halogens is 1. The lowest BCUT2D eigenvalue weighted by atomic mass is 10.00. The van der Waals surface area contributed by atoms with E-state index in [-0.39, 0.29) is 31.4 Å². The van der Waals surface area contributed by atoms with Gasteiger partial charge in [-0.1, -0.05) is 6.07 Å². The second kappa shape index (κ2) is 13.3. The summed E-state index contributed by atoms with van der Waals surface area (Å²) in [5.74, 6) is -1.82. The Balaban J connectivity index is 0.00000578. The predicted octanol–water partition coefficient (Wildman–Crippen LogP) is -0.361. The van der Waals surface area contributed by atoms with Crippen LogP contribution in [0.25, 0.3) is 0 Å². The van der Waals surface area contributed by atoms with Gasteiger partial charge in [-0.25, -0.2) is 0 Å². The fourth-order valence-electron chi connectivity index (χ4n) is 3.68. The first-order valence-electron chi connectivity index (χ1n) is 11.2. The number of aliphatic hydroxyl groups is 1. The first kappa shape index (κ1) is 29.3. The van der Waals surface area contributed by atoms with E-state index in [4.69, 9.17) is 5.73 Å². The summed E-state index contributed by atoms with van der Waals surface area (Å²) in [6, 6.07) is 2.69. The number of rotatable bonds is 2. The molecule has 6 N–H and O–H groups in total. The average molecular weight is 498 g/mol. The van der Waals surface area contributed by atoms with Crippen LogP contribution in [0.4, 0.5) is 0 Å². The minimum Gasteiger partial charge on any atom is -0.391 e. The molecular weight excluding hydrogens is 462 g/mol. The second-order valence-electron chi connectivity index (χ2n) is 8.70. The molecule has 4 amide bonds. The van der Waals surface area contributed by atoms with E-state index in [1.165, 1.54) is 18.7 Å². The molecule has 34 heavy (non-hydrogen) atoms. The summed E-state index contributed by atoms with van der Waals surface area (Å²) in [5.41, 5.74) is 8.06. The number of nitrogens with zero attached hydrogens (tertiary/aromatic N) is 1. The fraction of sp³-hybridized carbons (Fsp3) is 0.565. The number of amides is 4. The molecule has 1 aromatic rings. The number of nitrogens with two attached hydrogens (primary N) is 1. The van der Waals surface area contributed by atoms with E-state index in [0.717, 1.165) is 11.1 Å². The maximum atomic E-state index is 12.8. The Kier molecular flexibility index (Phi) is 11.4. The third-order valence-corrected chi connectivity index (χ3v) is 5.53.